The van der Waals surface area contributed by atoms with Crippen molar-refractivity contribution in [3.05, 3.63) is 96.8 Å². The maximum atomic E-state index is 13.2. The molecule has 2 aliphatic heterocycles. The molecular weight excluding hydrogens is 621 g/mol. The molecule has 4 heterocycles. The summed E-state index contributed by atoms with van der Waals surface area (Å²) in [7, 11) is 0. The zero-order valence-corrected chi connectivity index (χ0v) is 24.0. The number of carbonyl (C=O) groups is 1. The Morgan fingerprint density at radius 3 is 2.66 bits per heavy atom. The maximum Gasteiger partial charge on any atom is 0.421 e. The van der Waals surface area contributed by atoms with E-state index < -0.39 is 29.8 Å². The van der Waals surface area contributed by atoms with Crippen molar-refractivity contribution in [2.24, 2.45) is 5.16 Å². The number of oxime groups is 1. The van der Waals surface area contributed by atoms with Gasteiger partial charge in [-0.1, -0.05) is 47.6 Å². The number of thiazole rings is 1. The Hall–Kier alpha value is -3.51. The third-order valence-electron chi connectivity index (χ3n) is 7.51. The van der Waals surface area contributed by atoms with Crippen molar-refractivity contribution in [1.29, 1.82) is 0 Å². The van der Waals surface area contributed by atoms with Crippen LogP contribution in [0.15, 0.2) is 75.3 Å². The van der Waals surface area contributed by atoms with Crippen LogP contribution in [0, 0.1) is 0 Å². The summed E-state index contributed by atoms with van der Waals surface area (Å²) < 4.78 is 40.5. The number of hydrogen-bond acceptors (Lipinski definition) is 6. The molecule has 1 fully saturated rings. The molecule has 212 valence electrons. The summed E-state index contributed by atoms with van der Waals surface area (Å²) in [6.45, 7) is 0.409. The SMILES string of the molecule is O=C(Cn1cc(Br)cc(C(F)(F)F)c1=O)N1CCC(c2ncc(C3=NOC(c4cccc5ccccc45)C3)s2)CC1. The van der Waals surface area contributed by atoms with Crippen LogP contribution < -0.4 is 5.56 Å². The zero-order valence-electron chi connectivity index (χ0n) is 21.6. The van der Waals surface area contributed by atoms with Gasteiger partial charge in [-0.2, -0.15) is 13.2 Å². The van der Waals surface area contributed by atoms with E-state index in [1.165, 1.54) is 6.20 Å². The van der Waals surface area contributed by atoms with Crippen LogP contribution in [0.25, 0.3) is 10.8 Å². The van der Waals surface area contributed by atoms with Crippen molar-refractivity contribution in [3.63, 3.8) is 0 Å². The molecule has 7 nitrogen and oxygen atoms in total. The molecule has 0 saturated carbocycles. The lowest BCUT2D eigenvalue weighted by Gasteiger charge is -2.31. The number of alkyl halides is 3. The number of halogens is 4. The fraction of sp³-hybridized carbons (Fsp3) is 0.310. The maximum absolute atomic E-state index is 13.2. The summed E-state index contributed by atoms with van der Waals surface area (Å²) in [5.74, 6) is -0.242. The normalized spacial score (nSPS) is 18.0. The number of piperidine rings is 1. The first-order valence-electron chi connectivity index (χ1n) is 13.1. The molecule has 41 heavy (non-hydrogen) atoms. The molecule has 2 aliphatic rings. The van der Waals surface area contributed by atoms with Crippen LogP contribution in [-0.4, -0.2) is 39.2 Å². The number of nitrogens with zero attached hydrogens (tertiary/aromatic N) is 4. The lowest BCUT2D eigenvalue weighted by atomic mass is 9.97. The fourth-order valence-corrected chi connectivity index (χ4v) is 6.92. The average Bonchev–Trinajstić information content (AvgIpc) is 3.64. The van der Waals surface area contributed by atoms with Gasteiger partial charge in [-0.25, -0.2) is 4.98 Å². The number of pyridine rings is 1. The van der Waals surface area contributed by atoms with Crippen molar-refractivity contribution in [2.45, 2.75) is 44.0 Å². The molecule has 2 aromatic carbocycles. The van der Waals surface area contributed by atoms with Gasteiger partial charge < -0.3 is 14.3 Å². The highest BCUT2D eigenvalue weighted by molar-refractivity contribution is 9.10. The van der Waals surface area contributed by atoms with Crippen LogP contribution in [-0.2, 0) is 22.4 Å². The molecule has 0 radical (unpaired) electrons. The van der Waals surface area contributed by atoms with Gasteiger partial charge in [0, 0.05) is 47.9 Å². The van der Waals surface area contributed by atoms with Crippen LogP contribution in [0.3, 0.4) is 0 Å². The third-order valence-corrected chi connectivity index (χ3v) is 9.15. The summed E-state index contributed by atoms with van der Waals surface area (Å²) in [5.41, 5.74) is -0.584. The van der Waals surface area contributed by atoms with Crippen molar-refractivity contribution in [2.75, 3.05) is 13.1 Å². The standard InChI is InChI=1S/C29H24BrF3N4O3S/c30-19-12-22(29(31,32)33)28(39)37(15-19)16-26(38)36-10-8-18(9-11-36)27-34-14-25(41-27)23-13-24(40-35-23)21-7-3-5-17-4-1-2-6-20(17)21/h1-7,12,14-15,18,24H,8-11,13,16H2. The average molecular weight is 646 g/mol. The zero-order chi connectivity index (χ0) is 28.7. The topological polar surface area (TPSA) is 76.8 Å². The molecule has 4 aromatic rings. The summed E-state index contributed by atoms with van der Waals surface area (Å²) in [5, 5.41) is 7.63. The van der Waals surface area contributed by atoms with Gasteiger partial charge in [0.25, 0.3) is 5.56 Å². The Morgan fingerprint density at radius 2 is 1.88 bits per heavy atom. The molecule has 0 aliphatic carbocycles. The first-order chi connectivity index (χ1) is 19.7. The van der Waals surface area contributed by atoms with E-state index in [4.69, 9.17) is 4.84 Å². The Kier molecular flexibility index (Phi) is 7.45. The second-order valence-corrected chi connectivity index (χ2v) is 12.1. The number of rotatable bonds is 5. The molecule has 0 spiro atoms. The highest BCUT2D eigenvalue weighted by atomic mass is 79.9. The Bertz CT molecular complexity index is 1700. The minimum atomic E-state index is -4.80. The fourth-order valence-electron chi connectivity index (χ4n) is 5.37. The number of likely N-dealkylation sites (tertiary alicyclic amines) is 1. The number of amides is 1. The predicted molar refractivity (Wildman–Crippen MR) is 153 cm³/mol. The van der Waals surface area contributed by atoms with E-state index in [9.17, 15) is 22.8 Å². The van der Waals surface area contributed by atoms with Gasteiger partial charge in [0.1, 0.15) is 17.8 Å². The van der Waals surface area contributed by atoms with Gasteiger partial charge in [0.2, 0.25) is 5.91 Å². The molecule has 12 heteroatoms. The lowest BCUT2D eigenvalue weighted by molar-refractivity contribution is -0.140. The van der Waals surface area contributed by atoms with Gasteiger partial charge in [0.05, 0.1) is 9.88 Å². The summed E-state index contributed by atoms with van der Waals surface area (Å²) in [6, 6.07) is 15.1. The molecular formula is C29H24BrF3N4O3S. The van der Waals surface area contributed by atoms with Gasteiger partial charge in [-0.3, -0.25) is 9.59 Å². The second kappa shape index (κ2) is 11.1. The summed E-state index contributed by atoms with van der Waals surface area (Å²) in [4.78, 5) is 38.2. The van der Waals surface area contributed by atoms with Crippen molar-refractivity contribution in [3.8, 4) is 0 Å². The van der Waals surface area contributed by atoms with Crippen molar-refractivity contribution < 1.29 is 22.8 Å². The number of carbonyl (C=O) groups excluding carboxylic acids is 1. The number of benzene rings is 2. The number of aromatic nitrogens is 2. The Labute approximate surface area is 245 Å². The molecule has 2 aromatic heterocycles. The summed E-state index contributed by atoms with van der Waals surface area (Å²) in [6.07, 6.45) is 0.0453. The van der Waals surface area contributed by atoms with E-state index in [0.717, 1.165) is 42.6 Å². The summed E-state index contributed by atoms with van der Waals surface area (Å²) >= 11 is 4.58. The van der Waals surface area contributed by atoms with Gasteiger partial charge >= 0.3 is 6.18 Å². The third kappa shape index (κ3) is 5.67. The second-order valence-electron chi connectivity index (χ2n) is 10.1. The molecule has 0 bridgehead atoms. The van der Waals surface area contributed by atoms with Crippen LogP contribution in [0.2, 0.25) is 0 Å². The quantitative estimate of drug-likeness (QED) is 0.248. The predicted octanol–water partition coefficient (Wildman–Crippen LogP) is 6.51. The number of hydrogen-bond donors (Lipinski definition) is 0. The van der Waals surface area contributed by atoms with E-state index in [-0.39, 0.29) is 16.5 Å². The first-order valence-corrected chi connectivity index (χ1v) is 14.7. The molecule has 1 unspecified atom stereocenters. The van der Waals surface area contributed by atoms with Crippen LogP contribution in [0.1, 0.15) is 52.3 Å². The van der Waals surface area contributed by atoms with Gasteiger partial charge in [0.15, 0.2) is 6.10 Å². The van der Waals surface area contributed by atoms with E-state index in [0.29, 0.717) is 32.4 Å². The van der Waals surface area contributed by atoms with Crippen LogP contribution >= 0.6 is 27.3 Å². The lowest BCUT2D eigenvalue weighted by Crippen LogP contribution is -2.41. The van der Waals surface area contributed by atoms with Crippen LogP contribution in [0.5, 0.6) is 0 Å². The van der Waals surface area contributed by atoms with Crippen molar-refractivity contribution in [1.82, 2.24) is 14.5 Å². The Morgan fingerprint density at radius 1 is 1.12 bits per heavy atom. The number of fused-ring (bicyclic) bond motifs is 1. The molecule has 1 amide bonds. The van der Waals surface area contributed by atoms with E-state index in [1.807, 2.05) is 24.4 Å². The first kappa shape index (κ1) is 27.6. The molecule has 1 atom stereocenters. The molecule has 6 rings (SSSR count). The minimum Gasteiger partial charge on any atom is -0.387 e. The van der Waals surface area contributed by atoms with Gasteiger partial charge in [-0.15, -0.1) is 11.3 Å². The largest absolute Gasteiger partial charge is 0.421 e. The van der Waals surface area contributed by atoms with Crippen molar-refractivity contribution >= 4 is 49.7 Å². The molecule has 1 saturated heterocycles. The van der Waals surface area contributed by atoms with E-state index in [1.54, 1.807) is 16.2 Å². The minimum absolute atomic E-state index is 0.0798. The molecule has 0 N–H and O–H groups in total. The van der Waals surface area contributed by atoms with Crippen LogP contribution in [0.4, 0.5) is 13.2 Å². The van der Waals surface area contributed by atoms with E-state index >= 15 is 0 Å². The van der Waals surface area contributed by atoms with E-state index in [2.05, 4.69) is 50.3 Å². The Balaban J connectivity index is 1.07. The monoisotopic (exact) mass is 644 g/mol. The smallest absolute Gasteiger partial charge is 0.387 e. The highest BCUT2D eigenvalue weighted by Gasteiger charge is 2.35. The van der Waals surface area contributed by atoms with Gasteiger partial charge in [-0.05, 0) is 45.6 Å². The highest BCUT2D eigenvalue weighted by Crippen LogP contribution is 2.37.